The largest absolute Gasteiger partial charge is 0.0798 e. The molecule has 11 heavy (non-hydrogen) atoms. The highest BCUT2D eigenvalue weighted by Gasteiger charge is 1.86. The van der Waals surface area contributed by atoms with Crippen LogP contribution >= 0.6 is 0 Å². The molecule has 1 aromatic rings. The molecule has 0 saturated heterocycles. The van der Waals surface area contributed by atoms with Crippen LogP contribution < -0.4 is 10.4 Å². The molecule has 0 bridgehead atoms. The van der Waals surface area contributed by atoms with E-state index in [1.807, 2.05) is 0 Å². The summed E-state index contributed by atoms with van der Waals surface area (Å²) in [6.45, 7) is 6.29. The first-order valence-corrected chi connectivity index (χ1v) is 3.98. The Morgan fingerprint density at radius 3 is 2.27 bits per heavy atom. The van der Waals surface area contributed by atoms with Gasteiger partial charge in [-0.05, 0) is 36.8 Å². The lowest BCUT2D eigenvalue weighted by Crippen LogP contribution is -2.25. The van der Waals surface area contributed by atoms with Crippen LogP contribution in [-0.2, 0) is 0 Å². The summed E-state index contributed by atoms with van der Waals surface area (Å²) in [5, 5.41) is 2.68. The second-order valence-corrected chi connectivity index (χ2v) is 2.66. The van der Waals surface area contributed by atoms with Gasteiger partial charge in [0.15, 0.2) is 0 Å². The molecular weight excluding hydrogens is 132 g/mol. The molecular formula is C11H14. The van der Waals surface area contributed by atoms with Gasteiger partial charge < -0.3 is 0 Å². The molecule has 0 nitrogen and oxygen atoms in total. The second-order valence-electron chi connectivity index (χ2n) is 2.66. The van der Waals surface area contributed by atoms with Gasteiger partial charge in [0, 0.05) is 0 Å². The summed E-state index contributed by atoms with van der Waals surface area (Å²) in [7, 11) is 0. The van der Waals surface area contributed by atoms with E-state index >= 15 is 0 Å². The lowest BCUT2D eigenvalue weighted by molar-refractivity contribution is 1.36. The van der Waals surface area contributed by atoms with Crippen LogP contribution in [0.15, 0.2) is 18.2 Å². The number of hydrogen-bond donors (Lipinski definition) is 0. The van der Waals surface area contributed by atoms with Crippen LogP contribution in [0.4, 0.5) is 0 Å². The summed E-state index contributed by atoms with van der Waals surface area (Å²) < 4.78 is 0. The quantitative estimate of drug-likeness (QED) is 0.521. The van der Waals surface area contributed by atoms with E-state index in [4.69, 9.17) is 0 Å². The summed E-state index contributed by atoms with van der Waals surface area (Å²) in [5.41, 5.74) is 1.35. The minimum atomic E-state index is 1.33. The molecule has 0 aliphatic carbocycles. The fraction of sp³-hybridized carbons (Fsp3) is 0.273. The topological polar surface area (TPSA) is 0 Å². The Bertz CT molecular complexity index is 345. The molecule has 0 aliphatic heterocycles. The van der Waals surface area contributed by atoms with Crippen molar-refractivity contribution in [1.82, 2.24) is 0 Å². The van der Waals surface area contributed by atoms with Crippen molar-refractivity contribution >= 4 is 12.2 Å². The molecule has 1 aromatic carbocycles. The molecule has 0 aliphatic rings. The third-order valence-corrected chi connectivity index (χ3v) is 1.96. The Morgan fingerprint density at radius 2 is 1.82 bits per heavy atom. The minimum Gasteiger partial charge on any atom is -0.0798 e. The number of benzene rings is 1. The predicted octanol–water partition coefficient (Wildman–Crippen LogP) is 1.60. The maximum atomic E-state index is 2.16. The van der Waals surface area contributed by atoms with E-state index < -0.39 is 0 Å². The summed E-state index contributed by atoms with van der Waals surface area (Å²) in [6.07, 6.45) is 4.30. The fourth-order valence-corrected chi connectivity index (χ4v) is 1.35. The first kappa shape index (κ1) is 8.06. The van der Waals surface area contributed by atoms with Gasteiger partial charge in [-0.1, -0.05) is 30.4 Å². The van der Waals surface area contributed by atoms with E-state index in [1.54, 1.807) is 0 Å². The monoisotopic (exact) mass is 146 g/mol. The third-order valence-electron chi connectivity index (χ3n) is 1.96. The van der Waals surface area contributed by atoms with Gasteiger partial charge in [-0.25, -0.2) is 0 Å². The zero-order chi connectivity index (χ0) is 8.27. The molecule has 0 atom stereocenters. The minimum absolute atomic E-state index is 1.33. The normalized spacial score (nSPS) is 14.1. The summed E-state index contributed by atoms with van der Waals surface area (Å²) in [6, 6.07) is 6.38. The van der Waals surface area contributed by atoms with Crippen molar-refractivity contribution in [2.45, 2.75) is 20.8 Å². The zero-order valence-corrected chi connectivity index (χ0v) is 7.39. The van der Waals surface area contributed by atoms with Gasteiger partial charge in [0.1, 0.15) is 0 Å². The van der Waals surface area contributed by atoms with Crippen LogP contribution in [-0.4, -0.2) is 0 Å². The van der Waals surface area contributed by atoms with Gasteiger partial charge in [0.25, 0.3) is 0 Å². The molecule has 0 amide bonds. The number of hydrogen-bond acceptors (Lipinski definition) is 0. The van der Waals surface area contributed by atoms with Gasteiger partial charge in [-0.3, -0.25) is 0 Å². The Labute approximate surface area is 67.9 Å². The van der Waals surface area contributed by atoms with E-state index in [2.05, 4.69) is 51.1 Å². The summed E-state index contributed by atoms with van der Waals surface area (Å²) in [4.78, 5) is 0. The van der Waals surface area contributed by atoms with Crippen molar-refractivity contribution in [2.24, 2.45) is 0 Å². The average Bonchev–Trinajstić information content (AvgIpc) is 2.04. The van der Waals surface area contributed by atoms with Crippen molar-refractivity contribution in [2.75, 3.05) is 0 Å². The highest BCUT2D eigenvalue weighted by Crippen LogP contribution is 1.83. The Morgan fingerprint density at radius 1 is 1.09 bits per heavy atom. The first-order valence-electron chi connectivity index (χ1n) is 3.98. The van der Waals surface area contributed by atoms with Gasteiger partial charge in [-0.2, -0.15) is 0 Å². The molecule has 0 aromatic heterocycles. The fourth-order valence-electron chi connectivity index (χ4n) is 1.35. The van der Waals surface area contributed by atoms with E-state index in [0.29, 0.717) is 0 Å². The van der Waals surface area contributed by atoms with Crippen molar-refractivity contribution < 1.29 is 0 Å². The number of rotatable bonds is 0. The molecule has 0 radical (unpaired) electrons. The lowest BCUT2D eigenvalue weighted by atomic mass is 10.1. The average molecular weight is 146 g/mol. The lowest BCUT2D eigenvalue weighted by Gasteiger charge is -1.93. The summed E-state index contributed by atoms with van der Waals surface area (Å²) >= 11 is 0. The maximum absolute atomic E-state index is 2.16. The van der Waals surface area contributed by atoms with E-state index in [-0.39, 0.29) is 0 Å². The van der Waals surface area contributed by atoms with Crippen molar-refractivity contribution in [3.63, 3.8) is 0 Å². The van der Waals surface area contributed by atoms with E-state index in [1.165, 1.54) is 16.0 Å². The van der Waals surface area contributed by atoms with Crippen molar-refractivity contribution in [1.29, 1.82) is 0 Å². The zero-order valence-electron chi connectivity index (χ0n) is 7.39. The van der Waals surface area contributed by atoms with Crippen LogP contribution in [0.25, 0.3) is 12.2 Å². The molecule has 0 N–H and O–H groups in total. The van der Waals surface area contributed by atoms with E-state index in [0.717, 1.165) is 0 Å². The Kier molecular flexibility index (Phi) is 2.48. The molecule has 0 saturated carbocycles. The molecule has 0 unspecified atom stereocenters. The van der Waals surface area contributed by atoms with Gasteiger partial charge in [0.2, 0.25) is 0 Å². The van der Waals surface area contributed by atoms with Crippen molar-refractivity contribution in [3.8, 4) is 0 Å². The van der Waals surface area contributed by atoms with Crippen LogP contribution in [0, 0.1) is 6.92 Å². The predicted molar refractivity (Wildman–Crippen MR) is 50.7 cm³/mol. The van der Waals surface area contributed by atoms with E-state index in [9.17, 15) is 0 Å². The SMILES string of the molecule is C/C=c1/cccc(C)/c1=C/C. The highest BCUT2D eigenvalue weighted by molar-refractivity contribution is 5.33. The second kappa shape index (κ2) is 3.38. The van der Waals surface area contributed by atoms with Gasteiger partial charge >= 0.3 is 0 Å². The first-order chi connectivity index (χ1) is 5.29. The van der Waals surface area contributed by atoms with Crippen molar-refractivity contribution in [3.05, 3.63) is 34.2 Å². The van der Waals surface area contributed by atoms with Crippen LogP contribution in [0.2, 0.25) is 0 Å². The van der Waals surface area contributed by atoms with Gasteiger partial charge in [-0.15, -0.1) is 0 Å². The molecule has 0 heteroatoms. The molecule has 1 rings (SSSR count). The summed E-state index contributed by atoms with van der Waals surface area (Å²) in [5.74, 6) is 0. The smallest absolute Gasteiger partial charge is 0.0201 e. The molecule has 0 fully saturated rings. The molecule has 0 spiro atoms. The van der Waals surface area contributed by atoms with Gasteiger partial charge in [0.05, 0.1) is 0 Å². The maximum Gasteiger partial charge on any atom is -0.0201 e. The Hall–Kier alpha value is -1.04. The number of aryl methyl sites for hydroxylation is 1. The van der Waals surface area contributed by atoms with Crippen LogP contribution in [0.3, 0.4) is 0 Å². The molecule has 0 heterocycles. The Balaban J connectivity index is 3.65. The standard InChI is InChI=1S/C11H14/c1-4-10-8-6-7-9(3)11(10)5-2/h4-8H,1-3H3/b10-4-,11-5-. The highest BCUT2D eigenvalue weighted by atomic mass is 13.9. The molecule has 58 valence electrons. The third kappa shape index (κ3) is 1.51. The van der Waals surface area contributed by atoms with Crippen LogP contribution in [0.5, 0.6) is 0 Å². The van der Waals surface area contributed by atoms with Crippen LogP contribution in [0.1, 0.15) is 19.4 Å².